The number of halogens is 1. The lowest BCUT2D eigenvalue weighted by Gasteiger charge is -2.03. The summed E-state index contributed by atoms with van der Waals surface area (Å²) in [5.41, 5.74) is 0.593. The Labute approximate surface area is 75.0 Å². The maximum Gasteiger partial charge on any atom is 0.265 e. The summed E-state index contributed by atoms with van der Waals surface area (Å²) in [6, 6.07) is 3.60. The van der Waals surface area contributed by atoms with Gasteiger partial charge in [-0.3, -0.25) is 0 Å². The van der Waals surface area contributed by atoms with E-state index in [2.05, 4.69) is 0 Å². The molecule has 0 fully saturated rings. The van der Waals surface area contributed by atoms with Crippen molar-refractivity contribution in [3.05, 3.63) is 29.6 Å². The van der Waals surface area contributed by atoms with Crippen molar-refractivity contribution in [3.63, 3.8) is 0 Å². The largest absolute Gasteiger partial charge is 0.302 e. The number of hydrogen-bond acceptors (Lipinski definition) is 3. The number of benzene rings is 1. The highest BCUT2D eigenvalue weighted by Gasteiger charge is 2.17. The van der Waals surface area contributed by atoms with Crippen LogP contribution < -0.4 is 4.89 Å². The molecule has 0 unspecified atom stereocenters. The highest BCUT2D eigenvalue weighted by Crippen LogP contribution is 2.14. The van der Waals surface area contributed by atoms with Crippen molar-refractivity contribution >= 4 is 10.0 Å². The predicted octanol–water partition coefficient (Wildman–Crippen LogP) is 0.802. The highest BCUT2D eigenvalue weighted by atomic mass is 32.2. The Kier molecular flexibility index (Phi) is 2.65. The number of rotatable bonds is 2. The lowest BCUT2D eigenvalue weighted by atomic mass is 10.2. The maximum atomic E-state index is 12.9. The fourth-order valence-corrected chi connectivity index (χ4v) is 1.63. The Hall–Kier alpha value is -0.980. The molecule has 0 spiro atoms. The van der Waals surface area contributed by atoms with Gasteiger partial charge in [-0.1, -0.05) is 11.0 Å². The minimum absolute atomic E-state index is 0.560. The molecule has 4 nitrogen and oxygen atoms in total. The van der Waals surface area contributed by atoms with E-state index in [0.29, 0.717) is 5.56 Å². The second kappa shape index (κ2) is 3.41. The molecule has 0 radical (unpaired) electrons. The summed E-state index contributed by atoms with van der Waals surface area (Å²) in [5.74, 6) is -0.896. The highest BCUT2D eigenvalue weighted by molar-refractivity contribution is 7.89. The van der Waals surface area contributed by atoms with Gasteiger partial charge in [-0.25, -0.2) is 12.8 Å². The minimum atomic E-state index is -4.12. The molecule has 0 bridgehead atoms. The standard InChI is InChI=1S/C7H8FNO3S/c1-5-2-3-6(8)7(4-5)13(11,12)9-10/h2-4,9-10H,1H3. The monoisotopic (exact) mass is 205 g/mol. The Morgan fingerprint density at radius 3 is 2.62 bits per heavy atom. The van der Waals surface area contributed by atoms with Crippen LogP contribution in [-0.2, 0) is 10.0 Å². The van der Waals surface area contributed by atoms with E-state index >= 15 is 0 Å². The Morgan fingerprint density at radius 1 is 1.46 bits per heavy atom. The third-order valence-corrected chi connectivity index (χ3v) is 2.63. The number of sulfonamides is 1. The fraction of sp³-hybridized carbons (Fsp3) is 0.143. The van der Waals surface area contributed by atoms with E-state index in [4.69, 9.17) is 5.21 Å². The van der Waals surface area contributed by atoms with Gasteiger partial charge in [-0.2, -0.15) is 0 Å². The van der Waals surface area contributed by atoms with E-state index in [0.717, 1.165) is 17.0 Å². The minimum Gasteiger partial charge on any atom is -0.302 e. The zero-order valence-corrected chi connectivity index (χ0v) is 7.60. The molecular weight excluding hydrogens is 197 g/mol. The first kappa shape index (κ1) is 10.1. The molecule has 1 rings (SSSR count). The van der Waals surface area contributed by atoms with E-state index in [1.165, 1.54) is 6.07 Å². The Balaban J connectivity index is 3.38. The number of hydrogen-bond donors (Lipinski definition) is 2. The molecule has 0 heterocycles. The van der Waals surface area contributed by atoms with Crippen LogP contribution in [0.2, 0.25) is 0 Å². The molecule has 1 aromatic carbocycles. The summed E-state index contributed by atoms with van der Waals surface area (Å²) < 4.78 is 34.9. The van der Waals surface area contributed by atoms with Gasteiger partial charge in [-0.15, -0.1) is 0 Å². The third-order valence-electron chi connectivity index (χ3n) is 1.50. The first-order valence-corrected chi connectivity index (χ1v) is 4.88. The van der Waals surface area contributed by atoms with Crippen molar-refractivity contribution in [2.24, 2.45) is 0 Å². The SMILES string of the molecule is Cc1ccc(F)c(S(=O)(=O)NO)c1. The summed E-state index contributed by atoms with van der Waals surface area (Å²) in [4.78, 5) is 0.498. The topological polar surface area (TPSA) is 66.4 Å². The first-order chi connectivity index (χ1) is 5.97. The van der Waals surface area contributed by atoms with Crippen molar-refractivity contribution in [2.45, 2.75) is 11.8 Å². The van der Waals surface area contributed by atoms with Gasteiger partial charge >= 0.3 is 0 Å². The predicted molar refractivity (Wildman–Crippen MR) is 43.2 cm³/mol. The van der Waals surface area contributed by atoms with Gasteiger partial charge in [0.2, 0.25) is 0 Å². The Bertz CT molecular complexity index is 416. The van der Waals surface area contributed by atoms with E-state index in [1.807, 2.05) is 0 Å². The van der Waals surface area contributed by atoms with Crippen LogP contribution in [0.3, 0.4) is 0 Å². The average molecular weight is 205 g/mol. The molecule has 1 aromatic rings. The van der Waals surface area contributed by atoms with Crippen LogP contribution in [0.15, 0.2) is 23.1 Å². The van der Waals surface area contributed by atoms with Crippen molar-refractivity contribution < 1.29 is 18.0 Å². The zero-order valence-electron chi connectivity index (χ0n) is 6.78. The maximum absolute atomic E-state index is 12.9. The molecule has 0 aliphatic rings. The quantitative estimate of drug-likeness (QED) is 0.702. The zero-order chi connectivity index (χ0) is 10.1. The van der Waals surface area contributed by atoms with Gasteiger partial charge < -0.3 is 5.21 Å². The summed E-state index contributed by atoms with van der Waals surface area (Å²) in [7, 11) is -4.12. The summed E-state index contributed by atoms with van der Waals surface area (Å²) in [5, 5.41) is 8.26. The second-order valence-electron chi connectivity index (χ2n) is 2.53. The van der Waals surface area contributed by atoms with E-state index < -0.39 is 20.7 Å². The van der Waals surface area contributed by atoms with Crippen molar-refractivity contribution in [1.29, 1.82) is 0 Å². The van der Waals surface area contributed by atoms with Crippen LogP contribution in [0.4, 0.5) is 4.39 Å². The van der Waals surface area contributed by atoms with E-state index in [9.17, 15) is 12.8 Å². The smallest absolute Gasteiger partial charge is 0.265 e. The van der Waals surface area contributed by atoms with Gasteiger partial charge in [0.1, 0.15) is 10.7 Å². The molecule has 6 heteroatoms. The van der Waals surface area contributed by atoms with Crippen LogP contribution >= 0.6 is 0 Å². The summed E-state index contributed by atoms with van der Waals surface area (Å²) in [6.07, 6.45) is 0. The van der Waals surface area contributed by atoms with E-state index in [-0.39, 0.29) is 0 Å². The first-order valence-electron chi connectivity index (χ1n) is 3.39. The van der Waals surface area contributed by atoms with Crippen molar-refractivity contribution in [2.75, 3.05) is 0 Å². The van der Waals surface area contributed by atoms with Gasteiger partial charge in [-0.05, 0) is 24.6 Å². The number of nitrogens with one attached hydrogen (secondary N) is 1. The average Bonchev–Trinajstić information content (AvgIpc) is 2.09. The third kappa shape index (κ3) is 2.03. The molecule has 0 amide bonds. The number of aryl methyl sites for hydroxylation is 1. The van der Waals surface area contributed by atoms with Crippen molar-refractivity contribution in [1.82, 2.24) is 4.89 Å². The lowest BCUT2D eigenvalue weighted by Crippen LogP contribution is -2.20. The van der Waals surface area contributed by atoms with Gasteiger partial charge in [0.25, 0.3) is 10.0 Å². The molecule has 2 N–H and O–H groups in total. The van der Waals surface area contributed by atoms with Crippen LogP contribution in [0.1, 0.15) is 5.56 Å². The molecule has 0 aliphatic heterocycles. The van der Waals surface area contributed by atoms with Crippen LogP contribution in [0.5, 0.6) is 0 Å². The summed E-state index contributed by atoms with van der Waals surface area (Å²) >= 11 is 0. The molecule has 0 saturated carbocycles. The Morgan fingerprint density at radius 2 is 2.08 bits per heavy atom. The van der Waals surface area contributed by atoms with Crippen molar-refractivity contribution in [3.8, 4) is 0 Å². The van der Waals surface area contributed by atoms with Crippen LogP contribution in [0.25, 0.3) is 0 Å². The lowest BCUT2D eigenvalue weighted by molar-refractivity contribution is 0.242. The fourth-order valence-electron chi connectivity index (χ4n) is 0.866. The second-order valence-corrected chi connectivity index (χ2v) is 4.16. The van der Waals surface area contributed by atoms with Gasteiger partial charge in [0.15, 0.2) is 0 Å². The summed E-state index contributed by atoms with van der Waals surface area (Å²) in [6.45, 7) is 1.62. The van der Waals surface area contributed by atoms with Gasteiger partial charge in [0, 0.05) is 0 Å². The molecule has 0 saturated heterocycles. The molecule has 0 aliphatic carbocycles. The normalized spacial score (nSPS) is 11.6. The van der Waals surface area contributed by atoms with Gasteiger partial charge in [0.05, 0.1) is 0 Å². The molecule has 0 aromatic heterocycles. The van der Waals surface area contributed by atoms with Crippen LogP contribution in [-0.4, -0.2) is 13.6 Å². The molecular formula is C7H8FNO3S. The molecule has 72 valence electrons. The molecule has 0 atom stereocenters. The molecule has 13 heavy (non-hydrogen) atoms. The van der Waals surface area contributed by atoms with E-state index in [1.54, 1.807) is 6.92 Å². The van der Waals surface area contributed by atoms with Crippen LogP contribution in [0, 0.1) is 12.7 Å².